The number of benzene rings is 2. The molecular formula is C13H11IN2. The summed E-state index contributed by atoms with van der Waals surface area (Å²) >= 11 is 2.40. The summed E-state index contributed by atoms with van der Waals surface area (Å²) in [7, 11) is 0. The summed E-state index contributed by atoms with van der Waals surface area (Å²) in [6.45, 7) is 0. The van der Waals surface area contributed by atoms with Crippen molar-refractivity contribution in [3.05, 3.63) is 60.2 Å². The van der Waals surface area contributed by atoms with Crippen molar-refractivity contribution >= 4 is 34.0 Å². The molecule has 3 heteroatoms. The minimum atomic E-state index is -0.233. The van der Waals surface area contributed by atoms with Gasteiger partial charge in [0.05, 0.1) is 11.4 Å². The molecule has 1 aliphatic heterocycles. The first-order valence-electron chi connectivity index (χ1n) is 5.18. The zero-order valence-electron chi connectivity index (χ0n) is 8.57. The minimum Gasteiger partial charge on any atom is -0.349 e. The molecule has 0 aromatic heterocycles. The van der Waals surface area contributed by atoms with Gasteiger partial charge in [-0.05, 0) is 34.7 Å². The number of para-hydroxylation sites is 2. The summed E-state index contributed by atoms with van der Waals surface area (Å²) in [5.74, 6) is 0. The van der Waals surface area contributed by atoms with E-state index in [1.54, 1.807) is 0 Å². The molecule has 0 spiro atoms. The molecule has 2 aromatic rings. The molecule has 0 radical (unpaired) electrons. The third-order valence-corrected chi connectivity index (χ3v) is 3.87. The smallest absolute Gasteiger partial charge is 0.188 e. The van der Waals surface area contributed by atoms with E-state index in [0.29, 0.717) is 0 Å². The van der Waals surface area contributed by atoms with Gasteiger partial charge in [0.15, 0.2) is 3.67 Å². The number of hydrogen-bond donors (Lipinski definition) is 2. The highest BCUT2D eigenvalue weighted by Gasteiger charge is 2.34. The van der Waals surface area contributed by atoms with E-state index < -0.39 is 0 Å². The average Bonchev–Trinajstić information content (AvgIpc) is 2.68. The van der Waals surface area contributed by atoms with E-state index in [2.05, 4.69) is 69.6 Å². The highest BCUT2D eigenvalue weighted by Crippen LogP contribution is 2.43. The van der Waals surface area contributed by atoms with Gasteiger partial charge in [0.2, 0.25) is 0 Å². The van der Waals surface area contributed by atoms with E-state index in [9.17, 15) is 0 Å². The van der Waals surface area contributed by atoms with E-state index in [0.717, 1.165) is 11.4 Å². The molecule has 0 bridgehead atoms. The van der Waals surface area contributed by atoms with E-state index in [4.69, 9.17) is 0 Å². The fraction of sp³-hybridized carbons (Fsp3) is 0.0769. The van der Waals surface area contributed by atoms with Crippen LogP contribution < -0.4 is 10.6 Å². The van der Waals surface area contributed by atoms with E-state index >= 15 is 0 Å². The second kappa shape index (κ2) is 3.66. The zero-order chi connectivity index (χ0) is 11.0. The molecule has 80 valence electrons. The van der Waals surface area contributed by atoms with Gasteiger partial charge < -0.3 is 10.6 Å². The van der Waals surface area contributed by atoms with Crippen LogP contribution in [0, 0.1) is 0 Å². The summed E-state index contributed by atoms with van der Waals surface area (Å²) in [5.41, 5.74) is 3.54. The molecule has 0 unspecified atom stereocenters. The Morgan fingerprint density at radius 1 is 0.750 bits per heavy atom. The lowest BCUT2D eigenvalue weighted by atomic mass is 10.2. The number of nitrogens with one attached hydrogen (secondary N) is 2. The second-order valence-electron chi connectivity index (χ2n) is 3.82. The molecular weight excluding hydrogens is 311 g/mol. The van der Waals surface area contributed by atoms with Gasteiger partial charge >= 0.3 is 0 Å². The summed E-state index contributed by atoms with van der Waals surface area (Å²) in [4.78, 5) is 0. The summed E-state index contributed by atoms with van der Waals surface area (Å²) in [5, 5.41) is 7.01. The molecule has 0 aliphatic carbocycles. The van der Waals surface area contributed by atoms with Crippen LogP contribution in [0.15, 0.2) is 54.6 Å². The quantitative estimate of drug-likeness (QED) is 0.474. The topological polar surface area (TPSA) is 24.1 Å². The van der Waals surface area contributed by atoms with Gasteiger partial charge in [0, 0.05) is 5.56 Å². The monoisotopic (exact) mass is 322 g/mol. The molecule has 0 amide bonds. The van der Waals surface area contributed by atoms with Crippen molar-refractivity contribution < 1.29 is 0 Å². The molecule has 2 aromatic carbocycles. The molecule has 2 N–H and O–H groups in total. The number of halogens is 1. The van der Waals surface area contributed by atoms with Gasteiger partial charge in [-0.2, -0.15) is 0 Å². The Hall–Kier alpha value is -1.23. The molecule has 0 saturated heterocycles. The van der Waals surface area contributed by atoms with Crippen molar-refractivity contribution in [3.63, 3.8) is 0 Å². The van der Waals surface area contributed by atoms with Crippen LogP contribution in [0.5, 0.6) is 0 Å². The van der Waals surface area contributed by atoms with Crippen molar-refractivity contribution in [2.24, 2.45) is 0 Å². The van der Waals surface area contributed by atoms with Crippen LogP contribution in [-0.2, 0) is 3.67 Å². The maximum absolute atomic E-state index is 3.50. The molecule has 0 saturated carbocycles. The standard InChI is InChI=1S/C13H11IN2/c14-13(10-6-2-1-3-7-10)15-11-8-4-5-9-12(11)16-13/h1-9,15-16H. The van der Waals surface area contributed by atoms with E-state index in [1.807, 2.05) is 18.2 Å². The van der Waals surface area contributed by atoms with Gasteiger partial charge in [-0.15, -0.1) is 0 Å². The van der Waals surface area contributed by atoms with Crippen LogP contribution in [-0.4, -0.2) is 0 Å². The van der Waals surface area contributed by atoms with Crippen molar-refractivity contribution in [2.45, 2.75) is 3.67 Å². The first kappa shape index (κ1) is 9.96. The number of anilines is 2. The first-order valence-corrected chi connectivity index (χ1v) is 6.26. The predicted molar refractivity (Wildman–Crippen MR) is 75.8 cm³/mol. The normalized spacial score (nSPS) is 16.1. The third kappa shape index (κ3) is 1.55. The van der Waals surface area contributed by atoms with Crippen molar-refractivity contribution in [3.8, 4) is 0 Å². The average molecular weight is 322 g/mol. The minimum absolute atomic E-state index is 0.233. The maximum atomic E-state index is 3.50. The Morgan fingerprint density at radius 2 is 1.25 bits per heavy atom. The lowest BCUT2D eigenvalue weighted by molar-refractivity contribution is 0.901. The van der Waals surface area contributed by atoms with Crippen molar-refractivity contribution in [1.29, 1.82) is 0 Å². The molecule has 16 heavy (non-hydrogen) atoms. The van der Waals surface area contributed by atoms with Crippen LogP contribution in [0.1, 0.15) is 5.56 Å². The first-order chi connectivity index (χ1) is 7.78. The molecule has 0 atom stereocenters. The largest absolute Gasteiger partial charge is 0.349 e. The number of rotatable bonds is 1. The lowest BCUT2D eigenvalue weighted by Crippen LogP contribution is -2.31. The molecule has 1 aliphatic rings. The van der Waals surface area contributed by atoms with Crippen LogP contribution in [0.3, 0.4) is 0 Å². The molecule has 0 fully saturated rings. The summed E-state index contributed by atoms with van der Waals surface area (Å²) in [6.07, 6.45) is 0. The Balaban J connectivity index is 2.01. The maximum Gasteiger partial charge on any atom is 0.188 e. The number of fused-ring (bicyclic) bond motifs is 1. The van der Waals surface area contributed by atoms with Gasteiger partial charge in [0.1, 0.15) is 0 Å². The summed E-state index contributed by atoms with van der Waals surface area (Å²) < 4.78 is -0.233. The second-order valence-corrected chi connectivity index (χ2v) is 5.44. The number of hydrogen-bond acceptors (Lipinski definition) is 2. The van der Waals surface area contributed by atoms with E-state index in [1.165, 1.54) is 5.56 Å². The van der Waals surface area contributed by atoms with Gasteiger partial charge in [-0.3, -0.25) is 0 Å². The fourth-order valence-electron chi connectivity index (χ4n) is 1.92. The predicted octanol–water partition coefficient (Wildman–Crippen LogP) is 3.77. The Labute approximate surface area is 108 Å². The van der Waals surface area contributed by atoms with Crippen molar-refractivity contribution in [2.75, 3.05) is 10.6 Å². The number of alkyl halides is 1. The van der Waals surface area contributed by atoms with E-state index in [-0.39, 0.29) is 3.67 Å². The van der Waals surface area contributed by atoms with Gasteiger partial charge in [-0.25, -0.2) is 0 Å². The lowest BCUT2D eigenvalue weighted by Gasteiger charge is -2.24. The fourth-order valence-corrected chi connectivity index (χ4v) is 2.86. The highest BCUT2D eigenvalue weighted by atomic mass is 127. The van der Waals surface area contributed by atoms with Crippen LogP contribution in [0.4, 0.5) is 11.4 Å². The molecule has 3 rings (SSSR count). The van der Waals surface area contributed by atoms with Gasteiger partial charge in [-0.1, -0.05) is 42.5 Å². The van der Waals surface area contributed by atoms with Crippen molar-refractivity contribution in [1.82, 2.24) is 0 Å². The summed E-state index contributed by atoms with van der Waals surface area (Å²) in [6, 6.07) is 18.7. The Kier molecular flexibility index (Phi) is 2.28. The van der Waals surface area contributed by atoms with Crippen LogP contribution in [0.25, 0.3) is 0 Å². The van der Waals surface area contributed by atoms with Gasteiger partial charge in [0.25, 0.3) is 0 Å². The third-order valence-electron chi connectivity index (χ3n) is 2.71. The SMILES string of the molecule is IC1(c2ccccc2)Nc2ccccc2N1. The highest BCUT2D eigenvalue weighted by molar-refractivity contribution is 14.1. The van der Waals surface area contributed by atoms with Crippen LogP contribution in [0.2, 0.25) is 0 Å². The van der Waals surface area contributed by atoms with Crippen LogP contribution >= 0.6 is 22.6 Å². The molecule has 1 heterocycles. The Morgan fingerprint density at radius 3 is 1.81 bits per heavy atom. The zero-order valence-corrected chi connectivity index (χ0v) is 10.7. The Bertz CT molecular complexity index is 485. The molecule has 2 nitrogen and oxygen atoms in total.